The highest BCUT2D eigenvalue weighted by Gasteiger charge is 2.19. The highest BCUT2D eigenvalue weighted by atomic mass is 16.5. The summed E-state index contributed by atoms with van der Waals surface area (Å²) in [6, 6.07) is 12.6. The minimum absolute atomic E-state index is 0.322. The summed E-state index contributed by atoms with van der Waals surface area (Å²) < 4.78 is 10.8. The van der Waals surface area contributed by atoms with Gasteiger partial charge in [0.1, 0.15) is 5.75 Å². The molecule has 2 aromatic rings. The van der Waals surface area contributed by atoms with Gasteiger partial charge >= 0.3 is 5.97 Å². The molecular formula is C21H24N2O5. The van der Waals surface area contributed by atoms with Crippen LogP contribution in [0.1, 0.15) is 41.5 Å². The van der Waals surface area contributed by atoms with Gasteiger partial charge in [-0.3, -0.25) is 9.59 Å². The van der Waals surface area contributed by atoms with Gasteiger partial charge in [0, 0.05) is 11.3 Å². The first-order valence-corrected chi connectivity index (χ1v) is 8.91. The number of carbonyl (C=O) groups excluding carboxylic acids is 3. The average Bonchev–Trinajstić information content (AvgIpc) is 2.67. The summed E-state index contributed by atoms with van der Waals surface area (Å²) in [6.45, 7) is 6.15. The summed E-state index contributed by atoms with van der Waals surface area (Å²) in [7, 11) is 0. The SMILES string of the molecule is CC(C)COc1ccc(C(=O)O[C@H](C)C(=O)Nc2ccc(C(N)=O)cc2)cc1. The van der Waals surface area contributed by atoms with Crippen molar-refractivity contribution in [2.75, 3.05) is 11.9 Å². The minimum Gasteiger partial charge on any atom is -0.493 e. The lowest BCUT2D eigenvalue weighted by atomic mass is 10.2. The maximum Gasteiger partial charge on any atom is 0.338 e. The zero-order valence-corrected chi connectivity index (χ0v) is 16.1. The Labute approximate surface area is 163 Å². The highest BCUT2D eigenvalue weighted by molar-refractivity contribution is 5.98. The van der Waals surface area contributed by atoms with Gasteiger partial charge in [0.25, 0.3) is 5.91 Å². The Bertz CT molecular complexity index is 829. The van der Waals surface area contributed by atoms with Crippen LogP contribution in [0.25, 0.3) is 0 Å². The van der Waals surface area contributed by atoms with Crippen LogP contribution in [0.2, 0.25) is 0 Å². The number of rotatable bonds is 8. The Kier molecular flexibility index (Phi) is 7.14. The van der Waals surface area contributed by atoms with E-state index >= 15 is 0 Å². The largest absolute Gasteiger partial charge is 0.493 e. The van der Waals surface area contributed by atoms with Gasteiger partial charge in [0.2, 0.25) is 5.91 Å². The second kappa shape index (κ2) is 9.55. The Morgan fingerprint density at radius 1 is 0.929 bits per heavy atom. The molecule has 28 heavy (non-hydrogen) atoms. The topological polar surface area (TPSA) is 108 Å². The lowest BCUT2D eigenvalue weighted by Gasteiger charge is -2.14. The quantitative estimate of drug-likeness (QED) is 0.680. The number of amides is 2. The molecule has 0 aromatic heterocycles. The normalized spacial score (nSPS) is 11.6. The number of ether oxygens (including phenoxy) is 2. The molecule has 0 aliphatic rings. The first kappa shape index (κ1) is 21.0. The van der Waals surface area contributed by atoms with Crippen molar-refractivity contribution in [2.45, 2.75) is 26.9 Å². The van der Waals surface area contributed by atoms with Crippen molar-refractivity contribution < 1.29 is 23.9 Å². The van der Waals surface area contributed by atoms with E-state index in [1.807, 2.05) is 13.8 Å². The molecule has 0 saturated carbocycles. The zero-order valence-electron chi connectivity index (χ0n) is 16.1. The number of nitrogens with one attached hydrogen (secondary N) is 1. The van der Waals surface area contributed by atoms with Gasteiger partial charge in [0.05, 0.1) is 12.2 Å². The molecule has 148 valence electrons. The first-order chi connectivity index (χ1) is 13.3. The Morgan fingerprint density at radius 2 is 1.50 bits per heavy atom. The van der Waals surface area contributed by atoms with Crippen molar-refractivity contribution in [3.8, 4) is 5.75 Å². The third-order valence-corrected chi connectivity index (χ3v) is 3.76. The van der Waals surface area contributed by atoms with Crippen LogP contribution in [0.15, 0.2) is 48.5 Å². The van der Waals surface area contributed by atoms with Crippen LogP contribution in [-0.4, -0.2) is 30.5 Å². The Balaban J connectivity index is 1.90. The van der Waals surface area contributed by atoms with E-state index in [-0.39, 0.29) is 0 Å². The molecule has 0 spiro atoms. The second-order valence-corrected chi connectivity index (χ2v) is 6.71. The first-order valence-electron chi connectivity index (χ1n) is 8.91. The average molecular weight is 384 g/mol. The van der Waals surface area contributed by atoms with Crippen LogP contribution in [0.5, 0.6) is 5.75 Å². The number of benzene rings is 2. The zero-order chi connectivity index (χ0) is 20.7. The molecule has 0 radical (unpaired) electrons. The lowest BCUT2D eigenvalue weighted by molar-refractivity contribution is -0.123. The maximum atomic E-state index is 12.2. The number of nitrogens with two attached hydrogens (primary N) is 1. The van der Waals surface area contributed by atoms with Gasteiger partial charge in [-0.2, -0.15) is 0 Å². The van der Waals surface area contributed by atoms with Crippen LogP contribution in [-0.2, 0) is 9.53 Å². The van der Waals surface area contributed by atoms with E-state index in [1.165, 1.54) is 19.1 Å². The number of hydrogen-bond donors (Lipinski definition) is 2. The molecule has 0 bridgehead atoms. The van der Waals surface area contributed by atoms with Crippen molar-refractivity contribution in [1.29, 1.82) is 0 Å². The standard InChI is InChI=1S/C21H24N2O5/c1-13(2)12-27-18-10-6-16(7-11-18)21(26)28-14(3)20(25)23-17-8-4-15(5-9-17)19(22)24/h4-11,13-14H,12H2,1-3H3,(H2,22,24)(H,23,25)/t14-/m1/s1. The molecule has 0 saturated heterocycles. The number of anilines is 1. The second-order valence-electron chi connectivity index (χ2n) is 6.71. The van der Waals surface area contributed by atoms with Crippen molar-refractivity contribution >= 4 is 23.5 Å². The Morgan fingerprint density at radius 3 is 2.04 bits per heavy atom. The maximum absolute atomic E-state index is 12.2. The van der Waals surface area contributed by atoms with E-state index in [9.17, 15) is 14.4 Å². The molecule has 3 N–H and O–H groups in total. The highest BCUT2D eigenvalue weighted by Crippen LogP contribution is 2.15. The third-order valence-electron chi connectivity index (χ3n) is 3.76. The van der Waals surface area contributed by atoms with E-state index < -0.39 is 23.9 Å². The van der Waals surface area contributed by atoms with E-state index in [1.54, 1.807) is 36.4 Å². The van der Waals surface area contributed by atoms with Gasteiger partial charge in [-0.05, 0) is 61.4 Å². The van der Waals surface area contributed by atoms with Crippen LogP contribution in [0, 0.1) is 5.92 Å². The van der Waals surface area contributed by atoms with E-state index in [0.29, 0.717) is 35.1 Å². The van der Waals surface area contributed by atoms with Crippen LogP contribution in [0.4, 0.5) is 5.69 Å². The molecule has 0 fully saturated rings. The van der Waals surface area contributed by atoms with Gasteiger partial charge < -0.3 is 20.5 Å². The summed E-state index contributed by atoms with van der Waals surface area (Å²) in [5, 5.41) is 2.61. The predicted octanol–water partition coefficient (Wildman–Crippen LogP) is 3.00. The number of carbonyl (C=O) groups is 3. The third kappa shape index (κ3) is 6.12. The monoisotopic (exact) mass is 384 g/mol. The molecule has 1 atom stereocenters. The van der Waals surface area contributed by atoms with Gasteiger partial charge in [0.15, 0.2) is 6.10 Å². The number of primary amides is 1. The molecule has 2 aromatic carbocycles. The minimum atomic E-state index is -1.000. The molecule has 0 heterocycles. The molecule has 0 aliphatic heterocycles. The number of esters is 1. The Hall–Kier alpha value is -3.35. The summed E-state index contributed by atoms with van der Waals surface area (Å²) in [5.74, 6) is -0.591. The van der Waals surface area contributed by atoms with Gasteiger partial charge in [-0.1, -0.05) is 13.8 Å². The summed E-state index contributed by atoms with van der Waals surface area (Å²) >= 11 is 0. The van der Waals surface area contributed by atoms with E-state index in [2.05, 4.69) is 5.32 Å². The van der Waals surface area contributed by atoms with Crippen molar-refractivity contribution in [3.63, 3.8) is 0 Å². The molecule has 7 nitrogen and oxygen atoms in total. The molecule has 2 rings (SSSR count). The summed E-state index contributed by atoms with van der Waals surface area (Å²) in [4.78, 5) is 35.5. The fourth-order valence-corrected chi connectivity index (χ4v) is 2.19. The van der Waals surface area contributed by atoms with Crippen LogP contribution >= 0.6 is 0 Å². The van der Waals surface area contributed by atoms with Crippen molar-refractivity contribution in [2.24, 2.45) is 11.7 Å². The van der Waals surface area contributed by atoms with Crippen LogP contribution < -0.4 is 15.8 Å². The summed E-state index contributed by atoms with van der Waals surface area (Å²) in [5.41, 5.74) is 6.29. The molecular weight excluding hydrogens is 360 g/mol. The van der Waals surface area contributed by atoms with E-state index in [0.717, 1.165) is 0 Å². The van der Waals surface area contributed by atoms with Crippen LogP contribution in [0.3, 0.4) is 0 Å². The van der Waals surface area contributed by atoms with Gasteiger partial charge in [-0.25, -0.2) is 4.79 Å². The summed E-state index contributed by atoms with van der Waals surface area (Å²) in [6.07, 6.45) is -1.000. The van der Waals surface area contributed by atoms with E-state index in [4.69, 9.17) is 15.2 Å². The van der Waals surface area contributed by atoms with Crippen molar-refractivity contribution in [1.82, 2.24) is 0 Å². The predicted molar refractivity (Wildman–Crippen MR) is 105 cm³/mol. The molecule has 0 aliphatic carbocycles. The molecule has 0 unspecified atom stereocenters. The number of hydrogen-bond acceptors (Lipinski definition) is 5. The van der Waals surface area contributed by atoms with Gasteiger partial charge in [-0.15, -0.1) is 0 Å². The lowest BCUT2D eigenvalue weighted by Crippen LogP contribution is -2.30. The van der Waals surface area contributed by atoms with Crippen molar-refractivity contribution in [3.05, 3.63) is 59.7 Å². The smallest absolute Gasteiger partial charge is 0.338 e. The molecule has 7 heteroatoms. The fraction of sp³-hybridized carbons (Fsp3) is 0.286. The molecule has 2 amide bonds. The fourth-order valence-electron chi connectivity index (χ4n) is 2.19.